The van der Waals surface area contributed by atoms with Crippen molar-refractivity contribution >= 4 is 5.97 Å². The first-order valence-corrected chi connectivity index (χ1v) is 8.29. The van der Waals surface area contributed by atoms with Crippen molar-refractivity contribution < 1.29 is 23.5 Å². The van der Waals surface area contributed by atoms with Gasteiger partial charge < -0.3 is 19.5 Å². The predicted molar refractivity (Wildman–Crippen MR) is 87.1 cm³/mol. The zero-order valence-electron chi connectivity index (χ0n) is 16.6. The molecule has 0 aromatic heterocycles. The second-order valence-corrected chi connectivity index (χ2v) is 7.11. The number of phenols is 1. The number of aromatic hydroxyl groups is 1. The van der Waals surface area contributed by atoms with E-state index in [4.69, 9.17) is 12.2 Å². The smallest absolute Gasteiger partial charge is 0.303 e. The highest BCUT2D eigenvalue weighted by Gasteiger charge is 2.64. The highest BCUT2D eigenvalue weighted by atomic mass is 16.6. The number of piperidine rings is 1. The molecule has 2 aliphatic carbocycles. The number of benzene rings is 1. The van der Waals surface area contributed by atoms with E-state index in [9.17, 15) is 11.3 Å². The van der Waals surface area contributed by atoms with Gasteiger partial charge in [-0.3, -0.25) is 4.79 Å². The molecular formula is C19H21NO4. The van der Waals surface area contributed by atoms with E-state index in [1.165, 1.54) is 6.92 Å². The summed E-state index contributed by atoms with van der Waals surface area (Å²) in [4.78, 5) is 14.0. The fourth-order valence-corrected chi connectivity index (χ4v) is 4.99. The second-order valence-electron chi connectivity index (χ2n) is 7.11. The Morgan fingerprint density at radius 1 is 1.58 bits per heavy atom. The van der Waals surface area contributed by atoms with E-state index in [-0.39, 0.29) is 29.5 Å². The summed E-state index contributed by atoms with van der Waals surface area (Å²) in [5.41, 5.74) is 0.782. The molecule has 4 aliphatic rings. The van der Waals surface area contributed by atoms with Crippen molar-refractivity contribution in [3.8, 4) is 11.5 Å². The number of hydrogen-bond donors (Lipinski definition) is 1. The Labute approximate surface area is 145 Å². The number of nitrogens with zero attached hydrogens (tertiary/aromatic N) is 1. The van der Waals surface area contributed by atoms with Gasteiger partial charge in [-0.1, -0.05) is 12.1 Å². The number of phenolic OH excluding ortho intramolecular Hbond substituents is 1. The van der Waals surface area contributed by atoms with Crippen LogP contribution in [-0.4, -0.2) is 47.8 Å². The van der Waals surface area contributed by atoms with Crippen molar-refractivity contribution in [2.75, 3.05) is 13.6 Å². The highest BCUT2D eigenvalue weighted by Crippen LogP contribution is 2.62. The third kappa shape index (κ3) is 1.56. The minimum absolute atomic E-state index is 0.0531. The molecule has 0 amide bonds. The van der Waals surface area contributed by atoms with E-state index >= 15 is 0 Å². The van der Waals surface area contributed by atoms with Gasteiger partial charge in [-0.15, -0.1) is 0 Å². The van der Waals surface area contributed by atoms with Crippen LogP contribution in [0, 0.1) is 5.92 Å². The second kappa shape index (κ2) is 4.54. The van der Waals surface area contributed by atoms with Crippen LogP contribution in [0.25, 0.3) is 0 Å². The summed E-state index contributed by atoms with van der Waals surface area (Å²) in [7, 11) is 2.03. The van der Waals surface area contributed by atoms with E-state index < -0.39 is 23.5 Å². The first kappa shape index (κ1) is 11.5. The summed E-state index contributed by atoms with van der Waals surface area (Å²) in [5.74, 6) is -0.862. The van der Waals surface area contributed by atoms with Crippen LogP contribution >= 0.6 is 0 Å². The number of carbonyl (C=O) groups is 1. The molecule has 1 saturated heterocycles. The molecule has 5 nitrogen and oxygen atoms in total. The first-order valence-electron chi connectivity index (χ1n) is 9.79. The summed E-state index contributed by atoms with van der Waals surface area (Å²) in [5, 5.41) is 10.4. The van der Waals surface area contributed by atoms with Crippen LogP contribution in [0.2, 0.25) is 0 Å². The average molecular weight is 330 g/mol. The Bertz CT molecular complexity index is 920. The van der Waals surface area contributed by atoms with E-state index in [0.717, 1.165) is 11.1 Å². The van der Waals surface area contributed by atoms with Crippen molar-refractivity contribution in [1.29, 1.82) is 0 Å². The molecule has 2 heterocycles. The fourth-order valence-electron chi connectivity index (χ4n) is 4.99. The van der Waals surface area contributed by atoms with Crippen LogP contribution in [0.4, 0.5) is 0 Å². The van der Waals surface area contributed by atoms with Crippen molar-refractivity contribution in [2.45, 2.75) is 43.4 Å². The van der Waals surface area contributed by atoms with Crippen LogP contribution in [0.5, 0.6) is 11.5 Å². The van der Waals surface area contributed by atoms with E-state index in [2.05, 4.69) is 4.90 Å². The monoisotopic (exact) mass is 330 g/mol. The lowest BCUT2D eigenvalue weighted by Crippen LogP contribution is -2.65. The van der Waals surface area contributed by atoms with Gasteiger partial charge in [0.15, 0.2) is 17.6 Å². The van der Waals surface area contributed by atoms with Crippen LogP contribution in [-0.2, 0) is 21.4 Å². The van der Waals surface area contributed by atoms with E-state index in [0.29, 0.717) is 19.4 Å². The van der Waals surface area contributed by atoms with Gasteiger partial charge >= 0.3 is 5.97 Å². The molecule has 0 unspecified atom stereocenters. The lowest BCUT2D eigenvalue weighted by molar-refractivity contribution is -0.152. The first-order chi connectivity index (χ1) is 12.7. The van der Waals surface area contributed by atoms with Gasteiger partial charge in [-0.2, -0.15) is 0 Å². The van der Waals surface area contributed by atoms with Gasteiger partial charge in [0.1, 0.15) is 6.08 Å². The zero-order valence-corrected chi connectivity index (χ0v) is 13.6. The average Bonchev–Trinajstić information content (AvgIpc) is 2.87. The minimum Gasteiger partial charge on any atom is -0.504 e. The third-order valence-corrected chi connectivity index (χ3v) is 5.96. The number of likely N-dealkylation sites (N-methyl/N-ethyl adjacent to an activating group) is 1. The molecule has 1 aromatic carbocycles. The molecule has 5 heteroatoms. The van der Waals surface area contributed by atoms with Gasteiger partial charge in [-0.05, 0) is 44.1 Å². The third-order valence-electron chi connectivity index (χ3n) is 5.96. The summed E-state index contributed by atoms with van der Waals surface area (Å²) >= 11 is 0. The summed E-state index contributed by atoms with van der Waals surface area (Å²) in [6.45, 7) is 1.86. The van der Waals surface area contributed by atoms with Crippen molar-refractivity contribution in [3.63, 3.8) is 0 Å². The summed E-state index contributed by atoms with van der Waals surface area (Å²) in [6.07, 6.45) is -1.45. The number of esters is 1. The molecule has 0 radical (unpaired) electrons. The number of hydrogen-bond acceptors (Lipinski definition) is 5. The zero-order chi connectivity index (χ0) is 19.4. The normalized spacial score (nSPS) is 46.8. The lowest BCUT2D eigenvalue weighted by atomic mass is 9.53. The van der Waals surface area contributed by atoms with Crippen LogP contribution in [0.1, 0.15) is 28.6 Å². The molecule has 5 rings (SSSR count). The Morgan fingerprint density at radius 3 is 3.21 bits per heavy atom. The predicted octanol–water partition coefficient (Wildman–Crippen LogP) is 1.77. The van der Waals surface area contributed by atoms with Gasteiger partial charge in [-0.25, -0.2) is 0 Å². The summed E-state index contributed by atoms with van der Waals surface area (Å²) in [6, 6.07) is 3.21. The Kier molecular flexibility index (Phi) is 2.18. The molecule has 5 atom stereocenters. The molecular weight excluding hydrogens is 306 g/mol. The maximum absolute atomic E-state index is 11.8. The van der Waals surface area contributed by atoms with Crippen LogP contribution in [0.15, 0.2) is 24.3 Å². The molecule has 1 spiro atoms. The number of carbonyl (C=O) groups excluding carboxylic acids is 1. The van der Waals surface area contributed by atoms with Crippen molar-refractivity contribution in [2.24, 2.45) is 5.92 Å². The maximum Gasteiger partial charge on any atom is 0.303 e. The number of rotatable bonds is 1. The molecule has 1 N–H and O–H groups in total. The molecule has 1 aromatic rings. The molecule has 24 heavy (non-hydrogen) atoms. The molecule has 1 fully saturated rings. The van der Waals surface area contributed by atoms with Gasteiger partial charge in [0.05, 0.1) is 4.11 Å². The van der Waals surface area contributed by atoms with Crippen molar-refractivity contribution in [3.05, 3.63) is 35.4 Å². The quantitative estimate of drug-likeness (QED) is 0.628. The molecule has 2 aliphatic heterocycles. The van der Waals surface area contributed by atoms with E-state index in [1.807, 2.05) is 13.1 Å². The van der Waals surface area contributed by atoms with Crippen molar-refractivity contribution in [1.82, 2.24) is 4.90 Å². The van der Waals surface area contributed by atoms with Crippen LogP contribution < -0.4 is 4.74 Å². The standard InChI is InChI=1S/C19H21NO4/c1-10(21)23-15-6-4-12-13-9-11-3-5-14(22)17-16(11)19(12,18(15)24-17)7-8-20(13)2/h3-6,12-13,15,18,22H,7-9H2,1-2H3/t12-,13+,15-,18-,19-/m0/s1/i6D,15D,18D. The lowest BCUT2D eigenvalue weighted by Gasteiger charge is -2.56. The largest absolute Gasteiger partial charge is 0.504 e. The number of likely N-dealkylation sites (tertiary alicyclic amines) is 1. The fraction of sp³-hybridized carbons (Fsp3) is 0.526. The Balaban J connectivity index is 1.87. The highest BCUT2D eigenvalue weighted by molar-refractivity contribution is 5.67. The topological polar surface area (TPSA) is 59.0 Å². The molecule has 0 saturated carbocycles. The Morgan fingerprint density at radius 2 is 2.42 bits per heavy atom. The maximum atomic E-state index is 11.8. The van der Waals surface area contributed by atoms with Gasteiger partial charge in [0.2, 0.25) is 0 Å². The molecule has 126 valence electrons. The van der Waals surface area contributed by atoms with E-state index in [1.54, 1.807) is 12.1 Å². The number of ether oxygens (including phenoxy) is 2. The Hall–Kier alpha value is -2.01. The minimum atomic E-state index is -2.31. The molecule has 2 bridgehead atoms. The van der Waals surface area contributed by atoms with Gasteiger partial charge in [0, 0.05) is 29.9 Å². The van der Waals surface area contributed by atoms with Gasteiger partial charge in [0.25, 0.3) is 0 Å². The SMILES string of the molecule is [2H]C1=C[C@H]2[C@H]3Cc4ccc(O)c5c4[C@@]2(CCN3C)[C@@]([2H])(O5)[C@@]1([2H])OC(C)=O. The van der Waals surface area contributed by atoms with Crippen LogP contribution in [0.3, 0.4) is 0 Å². The summed E-state index contributed by atoms with van der Waals surface area (Å²) < 4.78 is 37.9.